The molecule has 0 radical (unpaired) electrons. The number of nitrogens with zero attached hydrogens (tertiary/aromatic N) is 1. The number of aromatic nitrogens is 1. The van der Waals surface area contributed by atoms with Gasteiger partial charge in [-0.2, -0.15) is 0 Å². The summed E-state index contributed by atoms with van der Waals surface area (Å²) in [6, 6.07) is 5.22. The highest BCUT2D eigenvalue weighted by molar-refractivity contribution is 5.92. The molecule has 0 spiro atoms. The lowest BCUT2D eigenvalue weighted by atomic mass is 10.1. The Hall–Kier alpha value is -1.42. The molecule has 1 atom stereocenters. The third kappa shape index (κ3) is 3.03. The summed E-state index contributed by atoms with van der Waals surface area (Å²) in [6.45, 7) is 0.507. The molecule has 1 aromatic heterocycles. The Morgan fingerprint density at radius 2 is 2.38 bits per heavy atom. The van der Waals surface area contributed by atoms with Crippen LogP contribution in [0.15, 0.2) is 24.4 Å². The number of aliphatic hydroxyl groups is 1. The van der Waals surface area contributed by atoms with Crippen LogP contribution in [0.25, 0.3) is 0 Å². The van der Waals surface area contributed by atoms with Crippen molar-refractivity contribution < 1.29 is 9.90 Å². The maximum atomic E-state index is 11.6. The first-order valence-corrected chi connectivity index (χ1v) is 5.64. The summed E-state index contributed by atoms with van der Waals surface area (Å²) >= 11 is 0. The highest BCUT2D eigenvalue weighted by atomic mass is 16.3. The minimum atomic E-state index is -0.260. The summed E-state index contributed by atoms with van der Waals surface area (Å²) in [6.07, 6.45) is 4.20. The molecule has 0 saturated heterocycles. The van der Waals surface area contributed by atoms with Crippen molar-refractivity contribution in [2.75, 3.05) is 6.54 Å². The Morgan fingerprint density at radius 3 is 3.00 bits per heavy atom. The number of rotatable bonds is 5. The number of nitrogens with one attached hydrogen (secondary N) is 1. The summed E-state index contributed by atoms with van der Waals surface area (Å²) in [5.74, 6) is 0.287. The van der Waals surface area contributed by atoms with Crippen LogP contribution >= 0.6 is 0 Å². The van der Waals surface area contributed by atoms with Gasteiger partial charge in [-0.25, -0.2) is 0 Å². The van der Waals surface area contributed by atoms with Crippen LogP contribution in [0.2, 0.25) is 0 Å². The number of carbonyl (C=O) groups excluding carboxylic acids is 1. The second kappa shape index (κ2) is 5.07. The van der Waals surface area contributed by atoms with E-state index in [1.54, 1.807) is 24.4 Å². The van der Waals surface area contributed by atoms with Crippen LogP contribution in [0.1, 0.15) is 29.8 Å². The van der Waals surface area contributed by atoms with Crippen LogP contribution in [-0.4, -0.2) is 28.6 Å². The zero-order valence-electron chi connectivity index (χ0n) is 9.10. The molecular formula is C12H16N2O2. The van der Waals surface area contributed by atoms with Gasteiger partial charge in [0.05, 0.1) is 6.10 Å². The van der Waals surface area contributed by atoms with E-state index in [0.29, 0.717) is 24.6 Å². The quantitative estimate of drug-likeness (QED) is 0.777. The molecule has 4 nitrogen and oxygen atoms in total. The lowest BCUT2D eigenvalue weighted by Gasteiger charge is -2.09. The highest BCUT2D eigenvalue weighted by Crippen LogP contribution is 2.33. The standard InChI is InChI=1S/C12H16N2O2/c15-11(9-4-5-9)6-8-14-12(16)10-3-1-2-7-13-10/h1-3,7,9,11,15H,4-6,8H2,(H,14,16)/t11-/m0/s1. The van der Waals surface area contributed by atoms with Crippen molar-refractivity contribution in [2.24, 2.45) is 5.92 Å². The van der Waals surface area contributed by atoms with Crippen LogP contribution < -0.4 is 5.32 Å². The Bertz CT molecular complexity index is 349. The largest absolute Gasteiger partial charge is 0.393 e. The van der Waals surface area contributed by atoms with Crippen molar-refractivity contribution in [2.45, 2.75) is 25.4 Å². The van der Waals surface area contributed by atoms with Gasteiger partial charge in [-0.1, -0.05) is 6.07 Å². The van der Waals surface area contributed by atoms with E-state index in [9.17, 15) is 9.90 Å². The Labute approximate surface area is 94.7 Å². The van der Waals surface area contributed by atoms with Gasteiger partial charge in [-0.15, -0.1) is 0 Å². The smallest absolute Gasteiger partial charge is 0.269 e. The molecule has 86 valence electrons. The predicted octanol–water partition coefficient (Wildman–Crippen LogP) is 0.972. The van der Waals surface area contributed by atoms with E-state index in [4.69, 9.17) is 0 Å². The van der Waals surface area contributed by atoms with E-state index >= 15 is 0 Å². The fourth-order valence-electron chi connectivity index (χ4n) is 1.64. The molecule has 0 aliphatic heterocycles. The molecule has 2 N–H and O–H groups in total. The monoisotopic (exact) mass is 220 g/mol. The van der Waals surface area contributed by atoms with Gasteiger partial charge in [0.1, 0.15) is 5.69 Å². The normalized spacial score (nSPS) is 16.8. The van der Waals surface area contributed by atoms with Crippen molar-refractivity contribution in [3.8, 4) is 0 Å². The third-order valence-electron chi connectivity index (χ3n) is 2.79. The molecule has 1 saturated carbocycles. The molecule has 16 heavy (non-hydrogen) atoms. The molecule has 0 aromatic carbocycles. The second-order valence-corrected chi connectivity index (χ2v) is 4.16. The molecule has 1 heterocycles. The lowest BCUT2D eigenvalue weighted by molar-refractivity contribution is 0.0932. The lowest BCUT2D eigenvalue weighted by Crippen LogP contribution is -2.28. The fourth-order valence-corrected chi connectivity index (χ4v) is 1.64. The molecule has 1 aliphatic carbocycles. The van der Waals surface area contributed by atoms with Crippen LogP contribution in [0.5, 0.6) is 0 Å². The van der Waals surface area contributed by atoms with E-state index in [1.807, 2.05) is 0 Å². The topological polar surface area (TPSA) is 62.2 Å². The first kappa shape index (κ1) is 11.1. The Morgan fingerprint density at radius 1 is 1.56 bits per heavy atom. The summed E-state index contributed by atoms with van der Waals surface area (Å²) in [5.41, 5.74) is 0.420. The van der Waals surface area contributed by atoms with Crippen molar-refractivity contribution in [3.05, 3.63) is 30.1 Å². The summed E-state index contributed by atoms with van der Waals surface area (Å²) < 4.78 is 0. The predicted molar refractivity (Wildman–Crippen MR) is 59.9 cm³/mol. The maximum absolute atomic E-state index is 11.6. The zero-order chi connectivity index (χ0) is 11.4. The van der Waals surface area contributed by atoms with E-state index in [-0.39, 0.29) is 12.0 Å². The third-order valence-corrected chi connectivity index (χ3v) is 2.79. The number of pyridine rings is 1. The van der Waals surface area contributed by atoms with Crippen molar-refractivity contribution in [1.82, 2.24) is 10.3 Å². The van der Waals surface area contributed by atoms with E-state index in [1.165, 1.54) is 0 Å². The van der Waals surface area contributed by atoms with Crippen LogP contribution in [0.3, 0.4) is 0 Å². The number of carbonyl (C=O) groups is 1. The van der Waals surface area contributed by atoms with Gasteiger partial charge in [-0.3, -0.25) is 9.78 Å². The molecule has 0 bridgehead atoms. The SMILES string of the molecule is O=C(NCC[C@H](O)C1CC1)c1ccccn1. The number of hydrogen-bond acceptors (Lipinski definition) is 3. The van der Waals surface area contributed by atoms with Gasteiger partial charge in [0, 0.05) is 12.7 Å². The van der Waals surface area contributed by atoms with E-state index in [0.717, 1.165) is 12.8 Å². The Balaban J connectivity index is 1.71. The molecule has 0 unspecified atom stereocenters. The summed E-state index contributed by atoms with van der Waals surface area (Å²) in [5, 5.41) is 12.4. The number of amides is 1. The average molecular weight is 220 g/mol. The van der Waals surface area contributed by atoms with Crippen LogP contribution in [0, 0.1) is 5.92 Å². The van der Waals surface area contributed by atoms with Crippen molar-refractivity contribution in [3.63, 3.8) is 0 Å². The summed E-state index contributed by atoms with van der Waals surface area (Å²) in [4.78, 5) is 15.5. The van der Waals surface area contributed by atoms with E-state index < -0.39 is 0 Å². The van der Waals surface area contributed by atoms with Crippen LogP contribution in [-0.2, 0) is 0 Å². The molecule has 1 aromatic rings. The minimum absolute atomic E-state index is 0.177. The first-order chi connectivity index (χ1) is 7.77. The van der Waals surface area contributed by atoms with E-state index in [2.05, 4.69) is 10.3 Å². The maximum Gasteiger partial charge on any atom is 0.269 e. The number of aliphatic hydroxyl groups excluding tert-OH is 1. The zero-order valence-corrected chi connectivity index (χ0v) is 9.10. The second-order valence-electron chi connectivity index (χ2n) is 4.16. The molecular weight excluding hydrogens is 204 g/mol. The van der Waals surface area contributed by atoms with Gasteiger partial charge >= 0.3 is 0 Å². The Kier molecular flexibility index (Phi) is 3.51. The molecule has 1 amide bonds. The van der Waals surface area contributed by atoms with Gasteiger partial charge < -0.3 is 10.4 Å². The summed E-state index contributed by atoms with van der Waals surface area (Å²) in [7, 11) is 0. The molecule has 1 fully saturated rings. The minimum Gasteiger partial charge on any atom is -0.393 e. The van der Waals surface area contributed by atoms with Gasteiger partial charge in [0.25, 0.3) is 5.91 Å². The molecule has 2 rings (SSSR count). The van der Waals surface area contributed by atoms with Crippen molar-refractivity contribution >= 4 is 5.91 Å². The van der Waals surface area contributed by atoms with Crippen LogP contribution in [0.4, 0.5) is 0 Å². The molecule has 1 aliphatic rings. The average Bonchev–Trinajstić information content (AvgIpc) is 3.14. The number of hydrogen-bond donors (Lipinski definition) is 2. The van der Waals surface area contributed by atoms with Crippen molar-refractivity contribution in [1.29, 1.82) is 0 Å². The fraction of sp³-hybridized carbons (Fsp3) is 0.500. The van der Waals surface area contributed by atoms with Gasteiger partial charge in [0.15, 0.2) is 0 Å². The van der Waals surface area contributed by atoms with Gasteiger partial charge in [-0.05, 0) is 37.3 Å². The molecule has 4 heteroatoms. The van der Waals surface area contributed by atoms with Gasteiger partial charge in [0.2, 0.25) is 0 Å². The first-order valence-electron chi connectivity index (χ1n) is 5.64. The highest BCUT2D eigenvalue weighted by Gasteiger charge is 2.29.